The highest BCUT2D eigenvalue weighted by atomic mass is 19.1. The molecular formula is C12H10FN3. The Balaban J connectivity index is 2.61. The summed E-state index contributed by atoms with van der Waals surface area (Å²) >= 11 is 0. The van der Waals surface area contributed by atoms with Crippen LogP contribution in [0.3, 0.4) is 0 Å². The lowest BCUT2D eigenvalue weighted by molar-refractivity contribution is 0.637. The number of pyridine rings is 1. The second kappa shape index (κ2) is 2.95. The van der Waals surface area contributed by atoms with Gasteiger partial charge in [-0.2, -0.15) is 0 Å². The molecular weight excluding hydrogens is 205 g/mol. The third kappa shape index (κ3) is 1.10. The van der Waals surface area contributed by atoms with Crippen LogP contribution < -0.4 is 5.73 Å². The van der Waals surface area contributed by atoms with Gasteiger partial charge in [0, 0.05) is 10.8 Å². The number of nitrogens with one attached hydrogen (secondary N) is 1. The van der Waals surface area contributed by atoms with Crippen LogP contribution >= 0.6 is 0 Å². The monoisotopic (exact) mass is 215 g/mol. The molecule has 0 atom stereocenters. The smallest absolute Gasteiger partial charge is 0.147 e. The number of benzene rings is 1. The number of H-pyrrole nitrogens is 1. The molecule has 0 saturated heterocycles. The molecule has 3 N–H and O–H groups in total. The molecule has 0 radical (unpaired) electrons. The molecule has 3 aromatic rings. The van der Waals surface area contributed by atoms with Gasteiger partial charge in [0.15, 0.2) is 0 Å². The lowest BCUT2D eigenvalue weighted by Gasteiger charge is -1.97. The van der Waals surface area contributed by atoms with Crippen LogP contribution in [0.4, 0.5) is 10.2 Å². The minimum atomic E-state index is -0.258. The fourth-order valence-corrected chi connectivity index (χ4v) is 2.07. The molecule has 0 fully saturated rings. The summed E-state index contributed by atoms with van der Waals surface area (Å²) in [5, 5.41) is 1.76. The summed E-state index contributed by atoms with van der Waals surface area (Å²) in [6.45, 7) is 1.85. The summed E-state index contributed by atoms with van der Waals surface area (Å²) < 4.78 is 13.6. The van der Waals surface area contributed by atoms with E-state index in [0.717, 1.165) is 22.0 Å². The van der Waals surface area contributed by atoms with E-state index in [1.54, 1.807) is 12.1 Å². The highest BCUT2D eigenvalue weighted by Crippen LogP contribution is 2.29. The van der Waals surface area contributed by atoms with Gasteiger partial charge in [-0.15, -0.1) is 0 Å². The second-order valence-corrected chi connectivity index (χ2v) is 3.84. The number of nitrogen functional groups attached to an aromatic ring is 1. The Bertz CT molecular complexity index is 700. The minimum absolute atomic E-state index is 0.258. The maximum atomic E-state index is 13.6. The van der Waals surface area contributed by atoms with Crippen LogP contribution in [-0.4, -0.2) is 9.97 Å². The van der Waals surface area contributed by atoms with E-state index in [2.05, 4.69) is 9.97 Å². The summed E-state index contributed by atoms with van der Waals surface area (Å²) in [5.41, 5.74) is 7.83. The van der Waals surface area contributed by atoms with Crippen molar-refractivity contribution in [2.45, 2.75) is 6.92 Å². The average Bonchev–Trinajstić information content (AvgIpc) is 2.59. The summed E-state index contributed by atoms with van der Waals surface area (Å²) in [5.74, 6) is 0.196. The molecule has 4 heteroatoms. The van der Waals surface area contributed by atoms with E-state index in [9.17, 15) is 4.39 Å². The summed E-state index contributed by atoms with van der Waals surface area (Å²) in [7, 11) is 0. The summed E-state index contributed by atoms with van der Waals surface area (Å²) in [6.07, 6.45) is 0. The van der Waals surface area contributed by atoms with Crippen LogP contribution in [0.5, 0.6) is 0 Å². The minimum Gasteiger partial charge on any atom is -0.384 e. The number of aromatic amines is 1. The molecule has 1 aromatic carbocycles. The van der Waals surface area contributed by atoms with E-state index in [-0.39, 0.29) is 5.82 Å². The topological polar surface area (TPSA) is 54.7 Å². The SMILES string of the molecule is Cc1nc(N)cc2c1[nH]c1c(F)cccc12. The van der Waals surface area contributed by atoms with Gasteiger partial charge in [-0.05, 0) is 19.1 Å². The standard InChI is InChI=1S/C12H10FN3/c1-6-11-8(5-10(14)15-6)7-3-2-4-9(13)12(7)16-11/h2-5,16H,1H3,(H2,14,15). The molecule has 3 rings (SSSR count). The summed E-state index contributed by atoms with van der Waals surface area (Å²) in [4.78, 5) is 7.20. The van der Waals surface area contributed by atoms with E-state index < -0.39 is 0 Å². The molecule has 0 bridgehead atoms. The van der Waals surface area contributed by atoms with Crippen molar-refractivity contribution in [3.63, 3.8) is 0 Å². The third-order valence-corrected chi connectivity index (χ3v) is 2.77. The van der Waals surface area contributed by atoms with Gasteiger partial charge in [-0.3, -0.25) is 0 Å². The molecule has 0 aliphatic carbocycles. The quantitative estimate of drug-likeness (QED) is 0.605. The van der Waals surface area contributed by atoms with Crippen molar-refractivity contribution in [3.05, 3.63) is 35.8 Å². The van der Waals surface area contributed by atoms with E-state index >= 15 is 0 Å². The number of hydrogen-bond donors (Lipinski definition) is 2. The maximum Gasteiger partial charge on any atom is 0.147 e. The first-order chi connectivity index (χ1) is 7.66. The first kappa shape index (κ1) is 9.15. The van der Waals surface area contributed by atoms with Crippen molar-refractivity contribution < 1.29 is 4.39 Å². The molecule has 2 heterocycles. The number of hydrogen-bond acceptors (Lipinski definition) is 2. The van der Waals surface area contributed by atoms with E-state index in [4.69, 9.17) is 5.73 Å². The predicted octanol–water partition coefficient (Wildman–Crippen LogP) is 2.75. The van der Waals surface area contributed by atoms with Crippen LogP contribution in [0.2, 0.25) is 0 Å². The Morgan fingerprint density at radius 2 is 2.06 bits per heavy atom. The molecule has 3 nitrogen and oxygen atoms in total. The zero-order valence-corrected chi connectivity index (χ0v) is 8.71. The zero-order chi connectivity index (χ0) is 11.3. The van der Waals surface area contributed by atoms with E-state index in [1.807, 2.05) is 13.0 Å². The number of aromatic nitrogens is 2. The van der Waals surface area contributed by atoms with Gasteiger partial charge in [-0.25, -0.2) is 9.37 Å². The molecule has 0 aliphatic heterocycles. The second-order valence-electron chi connectivity index (χ2n) is 3.84. The highest BCUT2D eigenvalue weighted by Gasteiger charge is 2.10. The lowest BCUT2D eigenvalue weighted by Crippen LogP contribution is -1.92. The predicted molar refractivity (Wildman–Crippen MR) is 62.7 cm³/mol. The molecule has 0 amide bonds. The number of anilines is 1. The highest BCUT2D eigenvalue weighted by molar-refractivity contribution is 6.08. The Hall–Kier alpha value is -2.10. The number of rotatable bonds is 0. The molecule has 0 saturated carbocycles. The van der Waals surface area contributed by atoms with Gasteiger partial charge in [0.25, 0.3) is 0 Å². The van der Waals surface area contributed by atoms with Crippen LogP contribution in [0.1, 0.15) is 5.69 Å². The molecule has 0 unspecified atom stereocenters. The number of aryl methyl sites for hydroxylation is 1. The molecule has 80 valence electrons. The Labute approximate surface area is 91.1 Å². The Kier molecular flexibility index (Phi) is 1.68. The maximum absolute atomic E-state index is 13.6. The van der Waals surface area contributed by atoms with Gasteiger partial charge in [-0.1, -0.05) is 12.1 Å². The fraction of sp³-hybridized carbons (Fsp3) is 0.0833. The van der Waals surface area contributed by atoms with Gasteiger partial charge in [0.1, 0.15) is 11.6 Å². The number of nitrogens with zero attached hydrogens (tertiary/aromatic N) is 1. The van der Waals surface area contributed by atoms with E-state index in [0.29, 0.717) is 11.3 Å². The van der Waals surface area contributed by atoms with Crippen molar-refractivity contribution in [1.29, 1.82) is 0 Å². The lowest BCUT2D eigenvalue weighted by atomic mass is 10.1. The average molecular weight is 215 g/mol. The van der Waals surface area contributed by atoms with E-state index in [1.165, 1.54) is 6.07 Å². The number of fused-ring (bicyclic) bond motifs is 3. The van der Waals surface area contributed by atoms with Crippen molar-refractivity contribution in [3.8, 4) is 0 Å². The van der Waals surface area contributed by atoms with Crippen LogP contribution in [0.15, 0.2) is 24.3 Å². The summed E-state index contributed by atoms with van der Waals surface area (Å²) in [6, 6.07) is 6.76. The van der Waals surface area contributed by atoms with Crippen LogP contribution in [0.25, 0.3) is 21.8 Å². The van der Waals surface area contributed by atoms with Crippen LogP contribution in [-0.2, 0) is 0 Å². The van der Waals surface area contributed by atoms with Crippen LogP contribution in [0, 0.1) is 12.7 Å². The largest absolute Gasteiger partial charge is 0.384 e. The molecule has 0 aliphatic rings. The Morgan fingerprint density at radius 1 is 1.25 bits per heavy atom. The van der Waals surface area contributed by atoms with Gasteiger partial charge < -0.3 is 10.7 Å². The van der Waals surface area contributed by atoms with Crippen molar-refractivity contribution >= 4 is 27.6 Å². The zero-order valence-electron chi connectivity index (χ0n) is 8.71. The molecule has 0 spiro atoms. The normalized spacial score (nSPS) is 11.4. The van der Waals surface area contributed by atoms with Crippen molar-refractivity contribution in [1.82, 2.24) is 9.97 Å². The first-order valence-corrected chi connectivity index (χ1v) is 5.00. The number of halogens is 1. The Morgan fingerprint density at radius 3 is 2.88 bits per heavy atom. The van der Waals surface area contributed by atoms with Gasteiger partial charge in [0.05, 0.1) is 16.7 Å². The molecule has 16 heavy (non-hydrogen) atoms. The fourth-order valence-electron chi connectivity index (χ4n) is 2.07. The third-order valence-electron chi connectivity index (χ3n) is 2.77. The molecule has 2 aromatic heterocycles. The van der Waals surface area contributed by atoms with Crippen molar-refractivity contribution in [2.75, 3.05) is 5.73 Å². The van der Waals surface area contributed by atoms with Crippen molar-refractivity contribution in [2.24, 2.45) is 0 Å². The number of para-hydroxylation sites is 1. The van der Waals surface area contributed by atoms with Gasteiger partial charge in [0.2, 0.25) is 0 Å². The number of nitrogens with two attached hydrogens (primary N) is 1. The van der Waals surface area contributed by atoms with Gasteiger partial charge >= 0.3 is 0 Å². The first-order valence-electron chi connectivity index (χ1n) is 5.00.